The van der Waals surface area contributed by atoms with Crippen LogP contribution in [0, 0.1) is 6.92 Å². The highest BCUT2D eigenvalue weighted by Crippen LogP contribution is 2.17. The molecule has 0 amide bonds. The predicted molar refractivity (Wildman–Crippen MR) is 130 cm³/mol. The maximum atomic E-state index is 4.78. The minimum atomic E-state index is 0. The van der Waals surface area contributed by atoms with Crippen LogP contribution in [0.3, 0.4) is 0 Å². The third-order valence-corrected chi connectivity index (χ3v) is 5.37. The second kappa shape index (κ2) is 12.1. The Morgan fingerprint density at radius 2 is 2.03 bits per heavy atom. The monoisotopic (exact) mass is 510 g/mol. The van der Waals surface area contributed by atoms with Gasteiger partial charge in [0, 0.05) is 32.5 Å². The van der Waals surface area contributed by atoms with Crippen molar-refractivity contribution in [3.8, 4) is 0 Å². The summed E-state index contributed by atoms with van der Waals surface area (Å²) in [7, 11) is 0. The highest BCUT2D eigenvalue weighted by atomic mass is 127. The second-order valence-electron chi connectivity index (χ2n) is 7.58. The maximum Gasteiger partial charge on any atom is 0.191 e. The van der Waals surface area contributed by atoms with Crippen LogP contribution in [-0.4, -0.2) is 33.8 Å². The average Bonchev–Trinajstić information content (AvgIpc) is 2.92. The number of aromatic nitrogens is 3. The van der Waals surface area contributed by atoms with Crippen LogP contribution < -0.4 is 10.6 Å². The molecule has 0 saturated carbocycles. The summed E-state index contributed by atoms with van der Waals surface area (Å²) in [6, 6.07) is 8.71. The molecule has 29 heavy (non-hydrogen) atoms. The van der Waals surface area contributed by atoms with Crippen LogP contribution in [-0.2, 0) is 19.4 Å². The fraction of sp³-hybridized carbons (Fsp3) is 0.591. The van der Waals surface area contributed by atoms with Gasteiger partial charge in [0.15, 0.2) is 5.96 Å². The maximum absolute atomic E-state index is 4.78. The highest BCUT2D eigenvalue weighted by molar-refractivity contribution is 14.0. The average molecular weight is 510 g/mol. The third-order valence-electron chi connectivity index (χ3n) is 5.37. The zero-order chi connectivity index (χ0) is 19.8. The van der Waals surface area contributed by atoms with Crippen LogP contribution in [0.1, 0.15) is 68.3 Å². The molecule has 2 aromatic rings. The topological polar surface area (TPSA) is 67.1 Å². The Hall–Kier alpha value is -1.64. The third kappa shape index (κ3) is 6.69. The van der Waals surface area contributed by atoms with Crippen LogP contribution in [0.5, 0.6) is 0 Å². The van der Waals surface area contributed by atoms with Crippen LogP contribution in [0.25, 0.3) is 0 Å². The Morgan fingerprint density at radius 3 is 2.83 bits per heavy atom. The Balaban J connectivity index is 0.00000300. The Labute approximate surface area is 192 Å². The Bertz CT molecular complexity index is 785. The van der Waals surface area contributed by atoms with Gasteiger partial charge < -0.3 is 15.2 Å². The minimum absolute atomic E-state index is 0. The van der Waals surface area contributed by atoms with Gasteiger partial charge in [0.2, 0.25) is 0 Å². The summed E-state index contributed by atoms with van der Waals surface area (Å²) < 4.78 is 2.33. The lowest BCUT2D eigenvalue weighted by Gasteiger charge is -2.19. The van der Waals surface area contributed by atoms with Crippen molar-refractivity contribution in [2.75, 3.05) is 13.1 Å². The highest BCUT2D eigenvalue weighted by Gasteiger charge is 2.14. The van der Waals surface area contributed by atoms with E-state index in [9.17, 15) is 0 Å². The molecule has 1 aliphatic rings. The van der Waals surface area contributed by atoms with E-state index in [1.165, 1.54) is 30.4 Å². The number of aryl methyl sites for hydroxylation is 3. The fourth-order valence-corrected chi connectivity index (χ4v) is 3.83. The molecular weight excluding hydrogens is 475 g/mol. The first-order valence-corrected chi connectivity index (χ1v) is 10.7. The summed E-state index contributed by atoms with van der Waals surface area (Å²) in [5.41, 5.74) is 2.60. The van der Waals surface area contributed by atoms with Crippen molar-refractivity contribution in [2.45, 2.75) is 71.9 Å². The van der Waals surface area contributed by atoms with E-state index < -0.39 is 0 Å². The molecule has 3 rings (SSSR count). The molecule has 6 nitrogen and oxygen atoms in total. The SMILES string of the molecule is CCNC(=NCCCc1nnc2n1CCCCC2)NC(C)c1ccccc1C.I. The molecule has 1 aromatic carbocycles. The van der Waals surface area contributed by atoms with Gasteiger partial charge in [0.05, 0.1) is 6.04 Å². The molecule has 7 heteroatoms. The Kier molecular flexibility index (Phi) is 9.90. The molecule has 0 fully saturated rings. The molecule has 1 aliphatic heterocycles. The lowest BCUT2D eigenvalue weighted by molar-refractivity contribution is 0.597. The van der Waals surface area contributed by atoms with Crippen LogP contribution in [0.2, 0.25) is 0 Å². The van der Waals surface area contributed by atoms with E-state index in [0.717, 1.165) is 56.5 Å². The van der Waals surface area contributed by atoms with Crippen molar-refractivity contribution in [1.82, 2.24) is 25.4 Å². The quantitative estimate of drug-likeness (QED) is 0.254. The first-order valence-electron chi connectivity index (χ1n) is 10.7. The number of rotatable bonds is 7. The molecule has 0 aliphatic carbocycles. The van der Waals surface area contributed by atoms with E-state index in [1.807, 2.05) is 0 Å². The van der Waals surface area contributed by atoms with Gasteiger partial charge in [-0.3, -0.25) is 4.99 Å². The first-order chi connectivity index (χ1) is 13.7. The van der Waals surface area contributed by atoms with Gasteiger partial charge in [-0.25, -0.2) is 0 Å². The van der Waals surface area contributed by atoms with Crippen molar-refractivity contribution >= 4 is 29.9 Å². The number of hydrogen-bond acceptors (Lipinski definition) is 3. The zero-order valence-corrected chi connectivity index (χ0v) is 20.3. The van der Waals surface area contributed by atoms with E-state index >= 15 is 0 Å². The number of hydrogen-bond donors (Lipinski definition) is 2. The van der Waals surface area contributed by atoms with Crippen LogP contribution in [0.15, 0.2) is 29.3 Å². The number of aliphatic imine (C=N–C) groups is 1. The molecule has 2 heterocycles. The van der Waals surface area contributed by atoms with E-state index in [1.54, 1.807) is 0 Å². The standard InChI is InChI=1S/C22H34N6.HI/c1-4-23-22(25-18(3)19-12-8-7-11-17(19)2)24-15-10-14-21-27-26-20-13-6-5-9-16-28(20)21;/h7-8,11-12,18H,4-6,9-10,13-16H2,1-3H3,(H2,23,24,25);1H. The number of guanidine groups is 1. The summed E-state index contributed by atoms with van der Waals surface area (Å²) in [6.07, 6.45) is 6.75. The van der Waals surface area contributed by atoms with Gasteiger partial charge in [-0.2, -0.15) is 0 Å². The zero-order valence-electron chi connectivity index (χ0n) is 17.9. The van der Waals surface area contributed by atoms with Gasteiger partial charge in [0.1, 0.15) is 11.6 Å². The van der Waals surface area contributed by atoms with Gasteiger partial charge in [0.25, 0.3) is 0 Å². The normalized spacial score (nSPS) is 15.1. The molecule has 1 unspecified atom stereocenters. The number of benzene rings is 1. The lowest BCUT2D eigenvalue weighted by Crippen LogP contribution is -2.39. The number of fused-ring (bicyclic) bond motifs is 1. The van der Waals surface area contributed by atoms with E-state index in [4.69, 9.17) is 4.99 Å². The summed E-state index contributed by atoms with van der Waals surface area (Å²) in [5, 5.41) is 15.7. The molecular formula is C22H35IN6. The number of nitrogens with zero attached hydrogens (tertiary/aromatic N) is 4. The van der Waals surface area contributed by atoms with Gasteiger partial charge in [-0.15, -0.1) is 34.2 Å². The molecule has 2 N–H and O–H groups in total. The van der Waals surface area contributed by atoms with Crippen molar-refractivity contribution in [3.63, 3.8) is 0 Å². The molecule has 1 atom stereocenters. The van der Waals surface area contributed by atoms with Crippen molar-refractivity contribution in [3.05, 3.63) is 47.0 Å². The second-order valence-corrected chi connectivity index (χ2v) is 7.58. The molecule has 1 aromatic heterocycles. The van der Waals surface area contributed by atoms with Crippen LogP contribution >= 0.6 is 24.0 Å². The predicted octanol–water partition coefficient (Wildman–Crippen LogP) is 4.18. The van der Waals surface area contributed by atoms with Crippen LogP contribution in [0.4, 0.5) is 0 Å². The lowest BCUT2D eigenvalue weighted by atomic mass is 10.0. The van der Waals surface area contributed by atoms with E-state index in [2.05, 4.69) is 70.4 Å². The number of nitrogens with one attached hydrogen (secondary N) is 2. The summed E-state index contributed by atoms with van der Waals surface area (Å²) in [5.74, 6) is 3.16. The largest absolute Gasteiger partial charge is 0.357 e. The molecule has 0 bridgehead atoms. The molecule has 160 valence electrons. The summed E-state index contributed by atoms with van der Waals surface area (Å²) in [4.78, 5) is 4.78. The Morgan fingerprint density at radius 1 is 1.21 bits per heavy atom. The minimum Gasteiger partial charge on any atom is -0.357 e. The summed E-state index contributed by atoms with van der Waals surface area (Å²) in [6.45, 7) is 9.13. The smallest absolute Gasteiger partial charge is 0.191 e. The van der Waals surface area contributed by atoms with Crippen molar-refractivity contribution in [1.29, 1.82) is 0 Å². The molecule has 0 radical (unpaired) electrons. The van der Waals surface area contributed by atoms with E-state index in [-0.39, 0.29) is 30.0 Å². The van der Waals surface area contributed by atoms with Gasteiger partial charge in [-0.05, 0) is 51.2 Å². The summed E-state index contributed by atoms with van der Waals surface area (Å²) >= 11 is 0. The fourth-order valence-electron chi connectivity index (χ4n) is 3.83. The first kappa shape index (κ1) is 23.6. The van der Waals surface area contributed by atoms with Gasteiger partial charge in [-0.1, -0.05) is 30.7 Å². The van der Waals surface area contributed by atoms with Gasteiger partial charge >= 0.3 is 0 Å². The molecule has 0 spiro atoms. The number of halogens is 1. The van der Waals surface area contributed by atoms with Crippen molar-refractivity contribution in [2.24, 2.45) is 4.99 Å². The van der Waals surface area contributed by atoms with E-state index in [0.29, 0.717) is 0 Å². The molecule has 0 saturated heterocycles. The van der Waals surface area contributed by atoms with Crippen molar-refractivity contribution < 1.29 is 0 Å².